The minimum atomic E-state index is -2.07. The maximum atomic E-state index is 12.9. The normalized spacial score (nSPS) is 25.1. The van der Waals surface area contributed by atoms with Crippen molar-refractivity contribution in [1.82, 2.24) is 24.3 Å². The fraction of sp³-hybridized carbons (Fsp3) is 0.700. The van der Waals surface area contributed by atoms with Crippen molar-refractivity contribution in [2.75, 3.05) is 7.11 Å². The van der Waals surface area contributed by atoms with Gasteiger partial charge >= 0.3 is 5.69 Å². The first-order valence-electron chi connectivity index (χ1n) is 10.3. The predicted molar refractivity (Wildman–Crippen MR) is 115 cm³/mol. The van der Waals surface area contributed by atoms with E-state index in [-0.39, 0.29) is 17.2 Å². The summed E-state index contributed by atoms with van der Waals surface area (Å²) < 4.78 is 21.8. The van der Waals surface area contributed by atoms with Crippen LogP contribution in [0.2, 0.25) is 18.1 Å². The van der Waals surface area contributed by atoms with E-state index in [4.69, 9.17) is 13.9 Å². The molecule has 0 aliphatic carbocycles. The molecule has 0 spiro atoms. The van der Waals surface area contributed by atoms with E-state index < -0.39 is 26.3 Å². The average Bonchev–Trinajstić information content (AvgIpc) is 3.30. The van der Waals surface area contributed by atoms with E-state index in [1.807, 2.05) is 6.92 Å². The third-order valence-electron chi connectivity index (χ3n) is 6.21. The van der Waals surface area contributed by atoms with E-state index in [1.54, 1.807) is 13.3 Å². The van der Waals surface area contributed by atoms with Crippen molar-refractivity contribution in [3.8, 4) is 5.82 Å². The number of aryl methyl sites for hydroxylation is 1. The summed E-state index contributed by atoms with van der Waals surface area (Å²) in [6.45, 7) is 15.0. The van der Waals surface area contributed by atoms with Crippen molar-refractivity contribution in [3.05, 3.63) is 34.9 Å². The lowest BCUT2D eigenvalue weighted by Gasteiger charge is -2.40. The minimum Gasteiger partial charge on any atom is -0.408 e. The second kappa shape index (κ2) is 8.33. The summed E-state index contributed by atoms with van der Waals surface area (Å²) in [5.74, 6) is 0.446. The number of hydrogen-bond donors (Lipinski definition) is 0. The fourth-order valence-corrected chi connectivity index (χ4v) is 4.78. The Kier molecular flexibility index (Phi) is 6.33. The van der Waals surface area contributed by atoms with Crippen LogP contribution in [-0.4, -0.2) is 58.1 Å². The standard InChI is InChI=1S/C20H33N5O4Si/c1-9-14-15(29-30(7,8)20(3,4)5)16(27-6)18(28-14)24-10-13(2)17(23-19(24)26)25-12-21-11-22-25/h10-12,14-16,18H,9H2,1-8H3/t14-,15+,16?,18-/m1/s1. The SMILES string of the molecule is CC[C@H]1O[C@@H](n2cc(C)c(-n3cncn3)nc2=O)C(OC)[C@H]1O[Si](C)(C)C(C)(C)C. The number of methoxy groups -OCH3 is 1. The van der Waals surface area contributed by atoms with Gasteiger partial charge in [0.1, 0.15) is 24.9 Å². The lowest BCUT2D eigenvalue weighted by Crippen LogP contribution is -2.49. The lowest BCUT2D eigenvalue weighted by atomic mass is 10.1. The largest absolute Gasteiger partial charge is 0.408 e. The van der Waals surface area contributed by atoms with Gasteiger partial charge in [-0.25, -0.2) is 14.5 Å². The lowest BCUT2D eigenvalue weighted by molar-refractivity contribution is -0.0540. The highest BCUT2D eigenvalue weighted by atomic mass is 28.4. The summed E-state index contributed by atoms with van der Waals surface area (Å²) in [5, 5.41) is 4.12. The highest BCUT2D eigenvalue weighted by Gasteiger charge is 2.50. The Morgan fingerprint density at radius 1 is 1.27 bits per heavy atom. The quantitative estimate of drug-likeness (QED) is 0.644. The van der Waals surface area contributed by atoms with Gasteiger partial charge in [-0.3, -0.25) is 4.57 Å². The van der Waals surface area contributed by atoms with Crippen LogP contribution in [0.3, 0.4) is 0 Å². The Bertz CT molecular complexity index is 922. The highest BCUT2D eigenvalue weighted by molar-refractivity contribution is 6.74. The summed E-state index contributed by atoms with van der Waals surface area (Å²) in [5.41, 5.74) is 0.348. The third-order valence-corrected chi connectivity index (χ3v) is 10.7. The zero-order valence-corrected chi connectivity index (χ0v) is 20.1. The molecule has 1 unspecified atom stereocenters. The minimum absolute atomic E-state index is 0.0517. The molecule has 1 aliphatic heterocycles. The van der Waals surface area contributed by atoms with Gasteiger partial charge in [-0.15, -0.1) is 0 Å². The van der Waals surface area contributed by atoms with Crippen molar-refractivity contribution in [1.29, 1.82) is 0 Å². The maximum Gasteiger partial charge on any atom is 0.351 e. The van der Waals surface area contributed by atoms with E-state index in [2.05, 4.69) is 55.9 Å². The summed E-state index contributed by atoms with van der Waals surface area (Å²) in [4.78, 5) is 21.0. The smallest absolute Gasteiger partial charge is 0.351 e. The van der Waals surface area contributed by atoms with Gasteiger partial charge in [0.15, 0.2) is 20.4 Å². The van der Waals surface area contributed by atoms with Gasteiger partial charge in [0.25, 0.3) is 0 Å². The van der Waals surface area contributed by atoms with Crippen molar-refractivity contribution >= 4 is 8.32 Å². The monoisotopic (exact) mass is 435 g/mol. The predicted octanol–water partition coefficient (Wildman–Crippen LogP) is 2.85. The van der Waals surface area contributed by atoms with Gasteiger partial charge in [0.2, 0.25) is 0 Å². The molecule has 2 aromatic rings. The van der Waals surface area contributed by atoms with Crippen molar-refractivity contribution in [2.45, 2.75) is 83.7 Å². The summed E-state index contributed by atoms with van der Waals surface area (Å²) >= 11 is 0. The molecule has 1 aliphatic rings. The highest BCUT2D eigenvalue weighted by Crippen LogP contribution is 2.42. The first kappa shape index (κ1) is 22.8. The second-order valence-corrected chi connectivity index (χ2v) is 14.1. The molecule has 0 radical (unpaired) electrons. The summed E-state index contributed by atoms with van der Waals surface area (Å²) in [6, 6.07) is 0. The zero-order valence-electron chi connectivity index (χ0n) is 19.1. The Labute approximate surface area is 178 Å². The van der Waals surface area contributed by atoms with Crippen LogP contribution < -0.4 is 5.69 Å². The molecule has 30 heavy (non-hydrogen) atoms. The zero-order chi connectivity index (χ0) is 22.3. The molecule has 10 heteroatoms. The number of nitrogens with zero attached hydrogens (tertiary/aromatic N) is 5. The molecule has 166 valence electrons. The molecule has 1 saturated heterocycles. The maximum absolute atomic E-state index is 12.9. The van der Waals surface area contributed by atoms with Crippen LogP contribution in [0.1, 0.15) is 45.9 Å². The van der Waals surface area contributed by atoms with Crippen LogP contribution in [0.4, 0.5) is 0 Å². The molecule has 1 fully saturated rings. The van der Waals surface area contributed by atoms with Crippen LogP contribution in [-0.2, 0) is 13.9 Å². The van der Waals surface area contributed by atoms with E-state index in [9.17, 15) is 4.79 Å². The number of ether oxygens (including phenoxy) is 2. The van der Waals surface area contributed by atoms with E-state index in [1.165, 1.54) is 21.9 Å². The van der Waals surface area contributed by atoms with Gasteiger partial charge in [0, 0.05) is 18.9 Å². The molecule has 3 heterocycles. The first-order chi connectivity index (χ1) is 14.0. The molecule has 0 aromatic carbocycles. The molecule has 4 atom stereocenters. The van der Waals surface area contributed by atoms with Crippen LogP contribution in [0.25, 0.3) is 5.82 Å². The van der Waals surface area contributed by atoms with Gasteiger partial charge in [-0.1, -0.05) is 27.7 Å². The molecule has 0 N–H and O–H groups in total. The van der Waals surface area contributed by atoms with Crippen LogP contribution in [0, 0.1) is 6.92 Å². The Balaban J connectivity index is 1.97. The molecule has 0 saturated carbocycles. The Morgan fingerprint density at radius 3 is 2.50 bits per heavy atom. The first-order valence-corrected chi connectivity index (χ1v) is 13.2. The molecule has 9 nitrogen and oxygen atoms in total. The van der Waals surface area contributed by atoms with Gasteiger partial charge in [-0.2, -0.15) is 10.1 Å². The molecule has 3 rings (SSSR count). The summed E-state index contributed by atoms with van der Waals surface area (Å²) in [6.07, 6.45) is 3.96. The van der Waals surface area contributed by atoms with Crippen LogP contribution in [0.15, 0.2) is 23.6 Å². The Morgan fingerprint density at radius 2 is 1.97 bits per heavy atom. The molecular weight excluding hydrogens is 402 g/mol. The van der Waals surface area contributed by atoms with Crippen molar-refractivity contribution in [3.63, 3.8) is 0 Å². The average molecular weight is 436 g/mol. The van der Waals surface area contributed by atoms with Gasteiger partial charge < -0.3 is 13.9 Å². The van der Waals surface area contributed by atoms with E-state index in [0.717, 1.165) is 12.0 Å². The van der Waals surface area contributed by atoms with Crippen molar-refractivity contribution < 1.29 is 13.9 Å². The third kappa shape index (κ3) is 4.14. The fourth-order valence-electron chi connectivity index (χ4n) is 3.46. The topological polar surface area (TPSA) is 93.3 Å². The number of rotatable bonds is 6. The summed E-state index contributed by atoms with van der Waals surface area (Å²) in [7, 11) is -0.433. The van der Waals surface area contributed by atoms with Crippen LogP contribution in [0.5, 0.6) is 0 Å². The number of hydrogen-bond acceptors (Lipinski definition) is 7. The van der Waals surface area contributed by atoms with Crippen LogP contribution >= 0.6 is 0 Å². The Hall–Kier alpha value is -1.88. The number of aromatic nitrogens is 5. The second-order valence-electron chi connectivity index (χ2n) is 9.29. The molecular formula is C20H33N5O4Si. The molecule has 2 aromatic heterocycles. The van der Waals surface area contributed by atoms with Gasteiger partial charge in [-0.05, 0) is 31.5 Å². The van der Waals surface area contributed by atoms with Gasteiger partial charge in [0.05, 0.1) is 6.10 Å². The van der Waals surface area contributed by atoms with Crippen molar-refractivity contribution in [2.24, 2.45) is 0 Å². The van der Waals surface area contributed by atoms with E-state index in [0.29, 0.717) is 5.82 Å². The molecule has 0 bridgehead atoms. The van der Waals surface area contributed by atoms with E-state index >= 15 is 0 Å². The molecule has 0 amide bonds.